The number of hydrogen-bond acceptors (Lipinski definition) is 2. The summed E-state index contributed by atoms with van der Waals surface area (Å²) in [6.45, 7) is 3.98. The Morgan fingerprint density at radius 3 is 2.58 bits per heavy atom. The number of aromatic nitrogens is 1. The zero-order chi connectivity index (χ0) is 21.8. The maximum atomic E-state index is 14.2. The number of nitrogens with one attached hydrogen (secondary N) is 1. The summed E-state index contributed by atoms with van der Waals surface area (Å²) < 4.78 is 14.2. The lowest BCUT2D eigenvalue weighted by atomic mass is 9.74. The van der Waals surface area contributed by atoms with E-state index in [9.17, 15) is 9.18 Å². The number of carbonyl (C=O) groups excluding carboxylic acids is 1. The van der Waals surface area contributed by atoms with Gasteiger partial charge in [0.2, 0.25) is 5.91 Å². The third kappa shape index (κ3) is 3.51. The highest BCUT2D eigenvalue weighted by molar-refractivity contribution is 6.30. The van der Waals surface area contributed by atoms with E-state index in [1.54, 1.807) is 25.1 Å². The van der Waals surface area contributed by atoms with Gasteiger partial charge in [0.15, 0.2) is 0 Å². The van der Waals surface area contributed by atoms with Gasteiger partial charge in [-0.2, -0.15) is 0 Å². The number of pyridine rings is 1. The Morgan fingerprint density at radius 1 is 1.16 bits per heavy atom. The Kier molecular flexibility index (Phi) is 5.01. The summed E-state index contributed by atoms with van der Waals surface area (Å²) in [6.07, 6.45) is 5.92. The second kappa shape index (κ2) is 7.59. The Bertz CT molecular complexity index is 1150. The van der Waals surface area contributed by atoms with Crippen LogP contribution < -0.4 is 5.32 Å². The highest BCUT2D eigenvalue weighted by atomic mass is 35.5. The molecule has 1 amide bonds. The van der Waals surface area contributed by atoms with Crippen LogP contribution in [0.25, 0.3) is 10.9 Å². The molecule has 2 fully saturated rings. The van der Waals surface area contributed by atoms with Crippen LogP contribution in [-0.4, -0.2) is 10.9 Å². The van der Waals surface area contributed by atoms with Crippen molar-refractivity contribution in [3.05, 3.63) is 70.6 Å². The van der Waals surface area contributed by atoms with Gasteiger partial charge in [0.1, 0.15) is 5.82 Å². The molecule has 3 nitrogen and oxygen atoms in total. The first-order chi connectivity index (χ1) is 14.9. The quantitative estimate of drug-likeness (QED) is 0.486. The standard InChI is InChI=1S/C26H26ClFN2O/c1-15-13-23-21(14-22(15)28)20(9-12-29-23)17-7-10-26(11-8-17)16(2)24(26)25(31)30-19-5-3-18(27)4-6-19/h3-6,9,12-14,16-17,24H,7-8,10-11H2,1-2H3,(H,30,31)/t16-,17?,24-,26?/m0/s1. The molecular weight excluding hydrogens is 411 g/mol. The van der Waals surface area contributed by atoms with Crippen molar-refractivity contribution < 1.29 is 9.18 Å². The van der Waals surface area contributed by atoms with Crippen LogP contribution >= 0.6 is 11.6 Å². The van der Waals surface area contributed by atoms with E-state index in [0.29, 0.717) is 22.4 Å². The van der Waals surface area contributed by atoms with Crippen molar-refractivity contribution in [3.63, 3.8) is 0 Å². The molecule has 2 saturated carbocycles. The van der Waals surface area contributed by atoms with Crippen molar-refractivity contribution in [1.82, 2.24) is 4.98 Å². The first-order valence-electron chi connectivity index (χ1n) is 11.0. The fourth-order valence-corrected chi connectivity index (χ4v) is 5.95. The van der Waals surface area contributed by atoms with E-state index in [-0.39, 0.29) is 23.1 Å². The molecule has 3 aromatic rings. The minimum absolute atomic E-state index is 0.0541. The summed E-state index contributed by atoms with van der Waals surface area (Å²) in [5, 5.41) is 4.65. The Labute approximate surface area is 187 Å². The molecule has 0 radical (unpaired) electrons. The molecule has 0 saturated heterocycles. The van der Waals surface area contributed by atoms with Crippen LogP contribution in [0.15, 0.2) is 48.7 Å². The van der Waals surface area contributed by atoms with Crippen LogP contribution in [0.1, 0.15) is 49.7 Å². The average molecular weight is 437 g/mol. The van der Waals surface area contributed by atoms with Crippen LogP contribution in [0.4, 0.5) is 10.1 Å². The van der Waals surface area contributed by atoms with Gasteiger partial charge in [0.05, 0.1) is 5.52 Å². The van der Waals surface area contributed by atoms with Crippen molar-refractivity contribution in [2.75, 3.05) is 5.32 Å². The number of anilines is 1. The van der Waals surface area contributed by atoms with E-state index in [0.717, 1.165) is 42.3 Å². The molecule has 2 aliphatic carbocycles. The number of amides is 1. The van der Waals surface area contributed by atoms with Crippen molar-refractivity contribution in [3.8, 4) is 0 Å². The van der Waals surface area contributed by atoms with Crippen molar-refractivity contribution in [1.29, 1.82) is 0 Å². The predicted octanol–water partition coefficient (Wildman–Crippen LogP) is 6.88. The lowest BCUT2D eigenvalue weighted by Gasteiger charge is -2.31. The van der Waals surface area contributed by atoms with Crippen molar-refractivity contribution in [2.24, 2.45) is 17.3 Å². The molecule has 0 unspecified atom stereocenters. The average Bonchev–Trinajstić information content (AvgIpc) is 3.33. The van der Waals surface area contributed by atoms with Gasteiger partial charge in [-0.1, -0.05) is 18.5 Å². The number of carbonyl (C=O) groups is 1. The summed E-state index contributed by atoms with van der Waals surface area (Å²) in [5.41, 5.74) is 3.56. The normalized spacial score (nSPS) is 27.4. The number of rotatable bonds is 3. The molecule has 5 heteroatoms. The highest BCUT2D eigenvalue weighted by Gasteiger charge is 2.65. The van der Waals surface area contributed by atoms with E-state index < -0.39 is 0 Å². The molecule has 5 rings (SSSR count). The van der Waals surface area contributed by atoms with E-state index in [2.05, 4.69) is 17.2 Å². The Morgan fingerprint density at radius 2 is 1.87 bits per heavy atom. The maximum Gasteiger partial charge on any atom is 0.228 e. The van der Waals surface area contributed by atoms with Crippen LogP contribution in [-0.2, 0) is 4.79 Å². The minimum Gasteiger partial charge on any atom is -0.326 e. The number of halogens is 2. The third-order valence-electron chi connectivity index (χ3n) is 7.72. The van der Waals surface area contributed by atoms with Crippen LogP contribution in [0.2, 0.25) is 5.02 Å². The van der Waals surface area contributed by atoms with Gasteiger partial charge in [0, 0.05) is 28.2 Å². The van der Waals surface area contributed by atoms with E-state index in [1.807, 2.05) is 30.5 Å². The van der Waals surface area contributed by atoms with Gasteiger partial charge in [-0.25, -0.2) is 4.39 Å². The van der Waals surface area contributed by atoms with Gasteiger partial charge in [-0.05, 0) is 103 Å². The largest absolute Gasteiger partial charge is 0.326 e. The monoisotopic (exact) mass is 436 g/mol. The SMILES string of the molecule is Cc1cc2nccc(C3CCC4(CC3)[C@H](C(=O)Nc3ccc(Cl)cc3)[C@@H]4C)c2cc1F. The molecule has 2 aromatic carbocycles. The molecule has 0 aliphatic heterocycles. The molecule has 2 atom stereocenters. The van der Waals surface area contributed by atoms with Gasteiger partial charge in [-0.3, -0.25) is 9.78 Å². The van der Waals surface area contributed by atoms with E-state index in [4.69, 9.17) is 11.6 Å². The smallest absolute Gasteiger partial charge is 0.228 e. The Balaban J connectivity index is 1.30. The van der Waals surface area contributed by atoms with Gasteiger partial charge in [-0.15, -0.1) is 0 Å². The fourth-order valence-electron chi connectivity index (χ4n) is 5.82. The second-order valence-electron chi connectivity index (χ2n) is 9.29. The zero-order valence-electron chi connectivity index (χ0n) is 17.8. The fraction of sp³-hybridized carbons (Fsp3) is 0.385. The van der Waals surface area contributed by atoms with E-state index >= 15 is 0 Å². The topological polar surface area (TPSA) is 42.0 Å². The van der Waals surface area contributed by atoms with Crippen molar-refractivity contribution >= 4 is 34.1 Å². The van der Waals surface area contributed by atoms with Gasteiger partial charge < -0.3 is 5.32 Å². The molecule has 1 heterocycles. The summed E-state index contributed by atoms with van der Waals surface area (Å²) in [5.74, 6) is 0.753. The summed E-state index contributed by atoms with van der Waals surface area (Å²) in [7, 11) is 0. The first kappa shape index (κ1) is 20.4. The lowest BCUT2D eigenvalue weighted by molar-refractivity contribution is -0.118. The number of benzene rings is 2. The van der Waals surface area contributed by atoms with Crippen LogP contribution in [0.3, 0.4) is 0 Å². The molecule has 31 heavy (non-hydrogen) atoms. The molecule has 160 valence electrons. The molecular formula is C26H26ClFN2O. The van der Waals surface area contributed by atoms with Crippen molar-refractivity contribution in [2.45, 2.75) is 45.4 Å². The number of fused-ring (bicyclic) bond motifs is 1. The Hall–Kier alpha value is -2.46. The van der Waals surface area contributed by atoms with Gasteiger partial charge in [0.25, 0.3) is 0 Å². The lowest BCUT2D eigenvalue weighted by Crippen LogP contribution is -2.22. The number of hydrogen-bond donors (Lipinski definition) is 1. The molecule has 1 aromatic heterocycles. The van der Waals surface area contributed by atoms with Crippen LogP contribution in [0, 0.1) is 30.0 Å². The molecule has 1 spiro atoms. The second-order valence-corrected chi connectivity index (χ2v) is 9.73. The molecule has 1 N–H and O–H groups in total. The predicted molar refractivity (Wildman–Crippen MR) is 123 cm³/mol. The first-order valence-corrected chi connectivity index (χ1v) is 11.4. The highest BCUT2D eigenvalue weighted by Crippen LogP contribution is 2.67. The number of nitrogens with zero attached hydrogens (tertiary/aromatic N) is 1. The maximum absolute atomic E-state index is 14.2. The summed E-state index contributed by atoms with van der Waals surface area (Å²) >= 11 is 5.94. The van der Waals surface area contributed by atoms with Gasteiger partial charge >= 0.3 is 0 Å². The minimum atomic E-state index is -0.177. The molecule has 0 bridgehead atoms. The third-order valence-corrected chi connectivity index (χ3v) is 7.98. The summed E-state index contributed by atoms with van der Waals surface area (Å²) in [4.78, 5) is 17.4. The zero-order valence-corrected chi connectivity index (χ0v) is 18.5. The van der Waals surface area contributed by atoms with Crippen LogP contribution in [0.5, 0.6) is 0 Å². The van der Waals surface area contributed by atoms with E-state index in [1.165, 1.54) is 5.56 Å². The number of aryl methyl sites for hydroxylation is 1. The summed E-state index contributed by atoms with van der Waals surface area (Å²) in [6, 6.07) is 12.8. The molecule has 2 aliphatic rings.